The van der Waals surface area contributed by atoms with E-state index in [2.05, 4.69) is 52.5 Å². The van der Waals surface area contributed by atoms with Crippen LogP contribution in [0.1, 0.15) is 10.4 Å². The van der Waals surface area contributed by atoms with Crippen LogP contribution < -0.4 is 10.6 Å². The molecule has 1 aromatic carbocycles. The highest BCUT2D eigenvalue weighted by molar-refractivity contribution is 9.11. The van der Waals surface area contributed by atoms with E-state index in [9.17, 15) is 9.59 Å². The van der Waals surface area contributed by atoms with Crippen LogP contribution in [0.15, 0.2) is 76.1 Å². The summed E-state index contributed by atoms with van der Waals surface area (Å²) < 4.78 is 1.54. The Bertz CT molecular complexity index is 876. The summed E-state index contributed by atoms with van der Waals surface area (Å²) >= 11 is 6.53. The van der Waals surface area contributed by atoms with E-state index in [0.717, 1.165) is 8.95 Å². The van der Waals surface area contributed by atoms with Crippen LogP contribution in [0.3, 0.4) is 0 Å². The molecule has 6 nitrogen and oxygen atoms in total. The predicted molar refractivity (Wildman–Crippen MR) is 108 cm³/mol. The number of amides is 2. The largest absolute Gasteiger partial charge is 0.321 e. The summed E-state index contributed by atoms with van der Waals surface area (Å²) in [5.41, 5.74) is 1.34. The molecule has 26 heavy (non-hydrogen) atoms. The highest BCUT2D eigenvalue weighted by Gasteiger charge is 2.06. The highest BCUT2D eigenvalue weighted by Crippen LogP contribution is 2.20. The van der Waals surface area contributed by atoms with Crippen molar-refractivity contribution in [3.63, 3.8) is 0 Å². The minimum absolute atomic E-state index is 0.132. The minimum Gasteiger partial charge on any atom is -0.321 e. The molecule has 0 aliphatic rings. The van der Waals surface area contributed by atoms with Crippen LogP contribution in [0.2, 0.25) is 0 Å². The number of benzene rings is 1. The fourth-order valence-electron chi connectivity index (χ4n) is 1.81. The van der Waals surface area contributed by atoms with Gasteiger partial charge in [0.1, 0.15) is 5.82 Å². The summed E-state index contributed by atoms with van der Waals surface area (Å²) in [6.45, 7) is 0. The molecule has 0 fully saturated rings. The van der Waals surface area contributed by atoms with Crippen LogP contribution >= 0.6 is 31.9 Å². The Labute approximate surface area is 167 Å². The van der Waals surface area contributed by atoms with Gasteiger partial charge in [-0.05, 0) is 62.2 Å². The second kappa shape index (κ2) is 10.4. The van der Waals surface area contributed by atoms with Gasteiger partial charge in [-0.3, -0.25) is 14.6 Å². The van der Waals surface area contributed by atoms with E-state index in [1.54, 1.807) is 48.9 Å². The summed E-state index contributed by atoms with van der Waals surface area (Å²) in [6, 6.07) is 14.4. The van der Waals surface area contributed by atoms with Gasteiger partial charge in [-0.1, -0.05) is 18.2 Å². The highest BCUT2D eigenvalue weighted by atomic mass is 79.9. The van der Waals surface area contributed by atoms with Gasteiger partial charge in [-0.2, -0.15) is 0 Å². The maximum absolute atomic E-state index is 11.8. The zero-order chi connectivity index (χ0) is 18.8. The van der Waals surface area contributed by atoms with Gasteiger partial charge in [0.2, 0.25) is 6.41 Å². The van der Waals surface area contributed by atoms with Crippen LogP contribution in [0.5, 0.6) is 0 Å². The molecule has 2 heterocycles. The quantitative estimate of drug-likeness (QED) is 0.541. The van der Waals surface area contributed by atoms with Crippen molar-refractivity contribution < 1.29 is 9.59 Å². The number of aromatic nitrogens is 2. The van der Waals surface area contributed by atoms with Crippen molar-refractivity contribution in [3.8, 4) is 0 Å². The summed E-state index contributed by atoms with van der Waals surface area (Å²) in [5, 5.41) is 5.24. The first kappa shape index (κ1) is 19.7. The van der Waals surface area contributed by atoms with Crippen LogP contribution in [0, 0.1) is 0 Å². The number of hydrogen-bond acceptors (Lipinski definition) is 4. The van der Waals surface area contributed by atoms with E-state index in [4.69, 9.17) is 0 Å². The first-order valence-electron chi connectivity index (χ1n) is 7.38. The number of nitrogens with zero attached hydrogens (tertiary/aromatic N) is 2. The van der Waals surface area contributed by atoms with E-state index in [0.29, 0.717) is 23.5 Å². The van der Waals surface area contributed by atoms with Gasteiger partial charge in [0, 0.05) is 24.2 Å². The molecular weight excluding hydrogens is 464 g/mol. The SMILES string of the molecule is O=C(Nc1ccncc1Br)c1ccccc1.O=CNc1ncccc1Br. The molecule has 0 aliphatic heterocycles. The maximum atomic E-state index is 11.8. The lowest BCUT2D eigenvalue weighted by atomic mass is 10.2. The Morgan fingerprint density at radius 1 is 0.962 bits per heavy atom. The predicted octanol–water partition coefficient (Wildman–Crippen LogP) is 4.51. The Balaban J connectivity index is 0.000000209. The molecule has 0 unspecified atom stereocenters. The first-order valence-corrected chi connectivity index (χ1v) is 8.97. The first-order chi connectivity index (χ1) is 12.6. The van der Waals surface area contributed by atoms with Crippen molar-refractivity contribution in [3.05, 3.63) is 81.6 Å². The van der Waals surface area contributed by atoms with E-state index in [1.165, 1.54) is 0 Å². The molecule has 0 spiro atoms. The molecule has 132 valence electrons. The van der Waals surface area contributed by atoms with Gasteiger partial charge in [0.15, 0.2) is 0 Å². The molecule has 0 bridgehead atoms. The van der Waals surface area contributed by atoms with Gasteiger partial charge in [0.25, 0.3) is 5.91 Å². The number of hydrogen-bond donors (Lipinski definition) is 2. The van der Waals surface area contributed by atoms with Gasteiger partial charge in [-0.25, -0.2) is 4.98 Å². The third-order valence-corrected chi connectivity index (χ3v) is 4.28. The fraction of sp³-hybridized carbons (Fsp3) is 0. The molecule has 0 atom stereocenters. The lowest BCUT2D eigenvalue weighted by molar-refractivity contribution is -0.105. The average Bonchev–Trinajstić information content (AvgIpc) is 2.67. The van der Waals surface area contributed by atoms with Gasteiger partial charge in [0.05, 0.1) is 14.6 Å². The van der Waals surface area contributed by atoms with Crippen LogP contribution in [-0.4, -0.2) is 22.3 Å². The van der Waals surface area contributed by atoms with E-state index in [1.807, 2.05) is 18.2 Å². The molecule has 8 heteroatoms. The van der Waals surface area contributed by atoms with Crippen LogP contribution in [-0.2, 0) is 4.79 Å². The van der Waals surface area contributed by atoms with Crippen molar-refractivity contribution in [2.75, 3.05) is 10.6 Å². The van der Waals surface area contributed by atoms with Crippen molar-refractivity contribution in [1.82, 2.24) is 9.97 Å². The molecule has 2 N–H and O–H groups in total. The molecule has 2 aromatic heterocycles. The molecule has 0 radical (unpaired) electrons. The Morgan fingerprint density at radius 2 is 1.73 bits per heavy atom. The van der Waals surface area contributed by atoms with Crippen LogP contribution in [0.4, 0.5) is 11.5 Å². The summed E-state index contributed by atoms with van der Waals surface area (Å²) in [5.74, 6) is 0.407. The Morgan fingerprint density at radius 3 is 2.38 bits per heavy atom. The molecule has 0 saturated heterocycles. The summed E-state index contributed by atoms with van der Waals surface area (Å²) in [7, 11) is 0. The van der Waals surface area contributed by atoms with Crippen LogP contribution in [0.25, 0.3) is 0 Å². The topological polar surface area (TPSA) is 84.0 Å². The van der Waals surface area contributed by atoms with Gasteiger partial charge in [-0.15, -0.1) is 0 Å². The van der Waals surface area contributed by atoms with Crippen molar-refractivity contribution in [2.45, 2.75) is 0 Å². The fourth-order valence-corrected chi connectivity index (χ4v) is 2.53. The molecule has 2 amide bonds. The zero-order valence-corrected chi connectivity index (χ0v) is 16.6. The van der Waals surface area contributed by atoms with Crippen molar-refractivity contribution >= 4 is 55.7 Å². The molecule has 3 rings (SSSR count). The zero-order valence-electron chi connectivity index (χ0n) is 13.4. The van der Waals surface area contributed by atoms with E-state index < -0.39 is 0 Å². The average molecular weight is 478 g/mol. The number of rotatable bonds is 4. The standard InChI is InChI=1S/C12H9BrN2O.C6H5BrN2O/c13-10-8-14-7-6-11(10)15-12(16)9-4-2-1-3-5-9;7-5-2-1-3-8-6(5)9-4-10/h1-8H,(H,14,15,16);1-4H,(H,8,9,10). The second-order valence-electron chi connectivity index (χ2n) is 4.77. The molecular formula is C18H14Br2N4O2. The van der Waals surface area contributed by atoms with Crippen molar-refractivity contribution in [2.24, 2.45) is 0 Å². The monoisotopic (exact) mass is 476 g/mol. The Hall–Kier alpha value is -2.58. The number of carbonyl (C=O) groups is 2. The lowest BCUT2D eigenvalue weighted by Crippen LogP contribution is -2.11. The molecule has 0 saturated carbocycles. The van der Waals surface area contributed by atoms with E-state index in [-0.39, 0.29) is 5.91 Å². The summed E-state index contributed by atoms with van der Waals surface area (Å²) in [6.07, 6.45) is 5.47. The van der Waals surface area contributed by atoms with E-state index >= 15 is 0 Å². The molecule has 0 aliphatic carbocycles. The number of anilines is 2. The number of carbonyl (C=O) groups excluding carboxylic acids is 2. The van der Waals surface area contributed by atoms with Crippen molar-refractivity contribution in [1.29, 1.82) is 0 Å². The smallest absolute Gasteiger partial charge is 0.255 e. The number of halogens is 2. The second-order valence-corrected chi connectivity index (χ2v) is 6.48. The normalized spacial score (nSPS) is 9.46. The molecule has 3 aromatic rings. The number of pyridine rings is 2. The third kappa shape index (κ3) is 6.05. The summed E-state index contributed by atoms with van der Waals surface area (Å²) in [4.78, 5) is 29.6. The number of nitrogens with one attached hydrogen (secondary N) is 2. The lowest BCUT2D eigenvalue weighted by Gasteiger charge is -2.06. The maximum Gasteiger partial charge on any atom is 0.255 e. The van der Waals surface area contributed by atoms with Gasteiger partial charge >= 0.3 is 0 Å². The Kier molecular flexibility index (Phi) is 7.91. The van der Waals surface area contributed by atoms with Gasteiger partial charge < -0.3 is 10.6 Å². The minimum atomic E-state index is -0.132. The third-order valence-electron chi connectivity index (χ3n) is 3.01.